The Kier molecular flexibility index (Phi) is 8.60. The number of benzene rings is 1. The molecule has 1 aromatic carbocycles. The number of carbonyl (C=O) groups excluding carboxylic acids is 1. The Morgan fingerprint density at radius 3 is 2.10 bits per heavy atom. The van der Waals surface area contributed by atoms with Crippen LogP contribution in [0.5, 0.6) is 5.75 Å². The number of para-hydroxylation sites is 1. The van der Waals surface area contributed by atoms with Gasteiger partial charge in [-0.25, -0.2) is 4.79 Å². The fourth-order valence-corrected chi connectivity index (χ4v) is 3.30. The average Bonchev–Trinajstić information content (AvgIpc) is 2.67. The maximum absolute atomic E-state index is 12.5. The molecule has 1 aliphatic rings. The van der Waals surface area contributed by atoms with Crippen LogP contribution < -0.4 is 10.1 Å². The van der Waals surface area contributed by atoms with Gasteiger partial charge >= 0.3 is 6.09 Å². The predicted molar refractivity (Wildman–Crippen MR) is 108 cm³/mol. The van der Waals surface area contributed by atoms with E-state index >= 15 is 0 Å². The van der Waals surface area contributed by atoms with Crippen molar-refractivity contribution in [2.24, 2.45) is 0 Å². The van der Waals surface area contributed by atoms with Gasteiger partial charge in [0.1, 0.15) is 36.4 Å². The first-order valence-corrected chi connectivity index (χ1v) is 10.1. The zero-order valence-corrected chi connectivity index (χ0v) is 18.0. The largest absolute Gasteiger partial charge is 0.414 e. The minimum absolute atomic E-state index is 0.147. The van der Waals surface area contributed by atoms with Crippen molar-refractivity contribution >= 4 is 6.09 Å². The first kappa shape index (κ1) is 24.5. The van der Waals surface area contributed by atoms with Crippen molar-refractivity contribution in [2.75, 3.05) is 6.61 Å². The Hall–Kier alpha value is -1.75. The fourth-order valence-electron chi connectivity index (χ4n) is 3.30. The van der Waals surface area contributed by atoms with Gasteiger partial charge < -0.3 is 34.6 Å². The minimum atomic E-state index is -1.56. The molecule has 1 saturated heterocycles. The van der Waals surface area contributed by atoms with E-state index in [-0.39, 0.29) is 11.8 Å². The molecule has 0 bridgehead atoms. The lowest BCUT2D eigenvalue weighted by Gasteiger charge is -2.40. The van der Waals surface area contributed by atoms with Gasteiger partial charge in [0.15, 0.2) is 6.29 Å². The number of carbonyl (C=O) groups is 1. The highest BCUT2D eigenvalue weighted by Gasteiger charge is 2.44. The third-order valence-electron chi connectivity index (χ3n) is 5.02. The molecule has 0 radical (unpaired) electrons. The molecule has 9 nitrogen and oxygen atoms in total. The first-order chi connectivity index (χ1) is 14.1. The molecular formula is C21H33NO8. The monoisotopic (exact) mass is 427 g/mol. The zero-order valence-electron chi connectivity index (χ0n) is 18.0. The second kappa shape index (κ2) is 10.5. The molecule has 0 spiro atoms. The number of aliphatic hydroxyl groups excluding tert-OH is 4. The van der Waals surface area contributed by atoms with Gasteiger partial charge in [-0.3, -0.25) is 5.32 Å². The number of aliphatic hydroxyl groups is 4. The van der Waals surface area contributed by atoms with E-state index in [0.717, 1.165) is 11.1 Å². The summed E-state index contributed by atoms with van der Waals surface area (Å²) in [7, 11) is 0. The lowest BCUT2D eigenvalue weighted by Crippen LogP contribution is -2.60. The number of rotatable bonds is 7. The van der Waals surface area contributed by atoms with E-state index in [0.29, 0.717) is 5.75 Å². The van der Waals surface area contributed by atoms with E-state index in [4.69, 9.17) is 14.2 Å². The number of hydrogen-bond acceptors (Lipinski definition) is 8. The highest BCUT2D eigenvalue weighted by atomic mass is 16.7. The second-order valence-corrected chi connectivity index (χ2v) is 8.08. The second-order valence-electron chi connectivity index (χ2n) is 8.08. The molecule has 0 saturated carbocycles. The van der Waals surface area contributed by atoms with Crippen LogP contribution in [0.15, 0.2) is 18.2 Å². The molecule has 1 aromatic rings. The standard InChI is InChI=1S/C21H33NO8/c1-10(2)13-7-6-8-14(11(3)4)19(13)30-21(27)22-12(5)28-20-18(26)17(25)16(24)15(9-23)29-20/h6-8,10-12,15-18,20,23-26H,9H2,1-5H3,(H,22,27)/t12?,15-,16-,17+,18-,20-/m1/s1. The normalized spacial score (nSPS) is 27.9. The summed E-state index contributed by atoms with van der Waals surface area (Å²) in [5, 5.41) is 41.5. The SMILES string of the molecule is CC(NC(=O)Oc1c(C(C)C)cccc1C(C)C)O[C@@H]1O[C@H](CO)[C@@H](O)[C@H](O)[C@H]1O. The molecular weight excluding hydrogens is 394 g/mol. The summed E-state index contributed by atoms with van der Waals surface area (Å²) >= 11 is 0. The molecule has 170 valence electrons. The summed E-state index contributed by atoms with van der Waals surface area (Å²) in [6, 6.07) is 5.75. The molecule has 5 N–H and O–H groups in total. The van der Waals surface area contributed by atoms with Gasteiger partial charge in [-0.2, -0.15) is 0 Å². The van der Waals surface area contributed by atoms with Gasteiger partial charge in [0.2, 0.25) is 0 Å². The van der Waals surface area contributed by atoms with Crippen LogP contribution in [0.1, 0.15) is 57.6 Å². The predicted octanol–water partition coefficient (Wildman–Crippen LogP) is 1.18. The Labute approximate surface area is 176 Å². The summed E-state index contributed by atoms with van der Waals surface area (Å²) in [6.07, 6.45) is -8.76. The lowest BCUT2D eigenvalue weighted by molar-refractivity contribution is -0.311. The molecule has 2 rings (SSSR count). The Bertz CT molecular complexity index is 682. The van der Waals surface area contributed by atoms with Gasteiger partial charge in [-0.1, -0.05) is 45.9 Å². The Balaban J connectivity index is 2.05. The summed E-state index contributed by atoms with van der Waals surface area (Å²) in [5.41, 5.74) is 1.80. The molecule has 30 heavy (non-hydrogen) atoms. The minimum Gasteiger partial charge on any atom is -0.410 e. The van der Waals surface area contributed by atoms with Crippen molar-refractivity contribution in [3.8, 4) is 5.75 Å². The highest BCUT2D eigenvalue weighted by Crippen LogP contribution is 2.34. The van der Waals surface area contributed by atoms with E-state index in [2.05, 4.69) is 5.32 Å². The lowest BCUT2D eigenvalue weighted by atomic mass is 9.94. The van der Waals surface area contributed by atoms with E-state index in [9.17, 15) is 25.2 Å². The van der Waals surface area contributed by atoms with Gasteiger partial charge in [-0.05, 0) is 29.9 Å². The van der Waals surface area contributed by atoms with Crippen molar-refractivity contribution in [1.82, 2.24) is 5.32 Å². The van der Waals surface area contributed by atoms with Crippen LogP contribution in [0, 0.1) is 0 Å². The van der Waals surface area contributed by atoms with Crippen molar-refractivity contribution in [2.45, 2.75) is 83.4 Å². The molecule has 6 atom stereocenters. The van der Waals surface area contributed by atoms with Crippen LogP contribution in [0.25, 0.3) is 0 Å². The molecule has 1 amide bonds. The zero-order chi connectivity index (χ0) is 22.6. The van der Waals surface area contributed by atoms with Crippen LogP contribution in [0.3, 0.4) is 0 Å². The smallest absolute Gasteiger partial charge is 0.410 e. The summed E-state index contributed by atoms with van der Waals surface area (Å²) in [6.45, 7) is 8.97. The van der Waals surface area contributed by atoms with E-state index in [1.165, 1.54) is 6.92 Å². The third kappa shape index (κ3) is 5.69. The van der Waals surface area contributed by atoms with Gasteiger partial charge in [0.05, 0.1) is 6.61 Å². The number of nitrogens with one attached hydrogen (secondary N) is 1. The van der Waals surface area contributed by atoms with Crippen LogP contribution in [0.4, 0.5) is 4.79 Å². The van der Waals surface area contributed by atoms with Crippen molar-refractivity contribution in [3.05, 3.63) is 29.3 Å². The molecule has 0 aliphatic carbocycles. The van der Waals surface area contributed by atoms with Crippen LogP contribution in [-0.2, 0) is 9.47 Å². The Morgan fingerprint density at radius 2 is 1.60 bits per heavy atom. The summed E-state index contributed by atoms with van der Waals surface area (Å²) in [4.78, 5) is 12.5. The van der Waals surface area contributed by atoms with E-state index in [1.807, 2.05) is 45.9 Å². The highest BCUT2D eigenvalue weighted by molar-refractivity contribution is 5.72. The van der Waals surface area contributed by atoms with Gasteiger partial charge in [-0.15, -0.1) is 0 Å². The van der Waals surface area contributed by atoms with Crippen molar-refractivity contribution < 1.29 is 39.4 Å². The van der Waals surface area contributed by atoms with Crippen molar-refractivity contribution in [1.29, 1.82) is 0 Å². The molecule has 1 unspecified atom stereocenters. The fraction of sp³-hybridized carbons (Fsp3) is 0.667. The molecule has 9 heteroatoms. The van der Waals surface area contributed by atoms with Crippen LogP contribution in [-0.4, -0.2) is 70.1 Å². The van der Waals surface area contributed by atoms with E-state index in [1.54, 1.807) is 0 Å². The number of amides is 1. The van der Waals surface area contributed by atoms with Gasteiger partial charge in [0, 0.05) is 0 Å². The average molecular weight is 427 g/mol. The molecule has 1 fully saturated rings. The maximum atomic E-state index is 12.5. The molecule has 1 heterocycles. The van der Waals surface area contributed by atoms with Crippen molar-refractivity contribution in [3.63, 3.8) is 0 Å². The first-order valence-electron chi connectivity index (χ1n) is 10.1. The van der Waals surface area contributed by atoms with Crippen LogP contribution in [0.2, 0.25) is 0 Å². The quantitative estimate of drug-likeness (QED) is 0.409. The number of hydrogen-bond donors (Lipinski definition) is 5. The molecule has 1 aliphatic heterocycles. The van der Waals surface area contributed by atoms with E-state index < -0.39 is 49.6 Å². The topological polar surface area (TPSA) is 138 Å². The Morgan fingerprint density at radius 1 is 1.03 bits per heavy atom. The third-order valence-corrected chi connectivity index (χ3v) is 5.02. The number of ether oxygens (including phenoxy) is 3. The molecule has 0 aromatic heterocycles. The summed E-state index contributed by atoms with van der Waals surface area (Å²) < 4.78 is 16.3. The maximum Gasteiger partial charge on any atom is 0.414 e. The van der Waals surface area contributed by atoms with Gasteiger partial charge in [0.25, 0.3) is 0 Å². The summed E-state index contributed by atoms with van der Waals surface area (Å²) in [5.74, 6) is 0.795. The van der Waals surface area contributed by atoms with Crippen LogP contribution >= 0.6 is 0 Å².